The minimum absolute atomic E-state index is 0.822. The molecule has 0 unspecified atom stereocenters. The minimum Gasteiger partial charge on any atom is -0.201 e. The van der Waals surface area contributed by atoms with Gasteiger partial charge in [0, 0.05) is 17.5 Å². The fraction of sp³-hybridized carbons (Fsp3) is 0.444. The molecule has 11 heavy (non-hydrogen) atoms. The Bertz CT molecular complexity index is 196. The van der Waals surface area contributed by atoms with Crippen LogP contribution in [0.2, 0.25) is 0 Å². The third-order valence-electron chi connectivity index (χ3n) is 1.01. The number of terminal acetylenes is 1. The van der Waals surface area contributed by atoms with Crippen LogP contribution in [0.5, 0.6) is 0 Å². The predicted octanol–water partition coefficient (Wildman–Crippen LogP) is 2.74. The molecule has 0 spiro atoms. The molecule has 0 aliphatic heterocycles. The van der Waals surface area contributed by atoms with Crippen molar-refractivity contribution in [2.24, 2.45) is 0 Å². The van der Waals surface area contributed by atoms with Gasteiger partial charge in [-0.05, 0) is 24.0 Å². The summed E-state index contributed by atoms with van der Waals surface area (Å²) in [5.41, 5.74) is 0. The van der Waals surface area contributed by atoms with E-state index >= 15 is 0 Å². The summed E-state index contributed by atoms with van der Waals surface area (Å²) in [4.78, 5) is 1.27. The Morgan fingerprint density at radius 1 is 1.64 bits per heavy atom. The van der Waals surface area contributed by atoms with Gasteiger partial charge in [0.2, 0.25) is 0 Å². The first kappa shape index (κ1) is 10.2. The van der Waals surface area contributed by atoms with Gasteiger partial charge >= 0.3 is 0 Å². The van der Waals surface area contributed by atoms with Gasteiger partial charge in [-0.15, -0.1) is 12.3 Å². The molecule has 1 nitrogen and oxygen atoms in total. The molecule has 0 amide bonds. The molecule has 1 aromatic rings. The van der Waals surface area contributed by atoms with E-state index in [2.05, 4.69) is 10.3 Å². The fourth-order valence-corrected chi connectivity index (χ4v) is 1.14. The van der Waals surface area contributed by atoms with Crippen molar-refractivity contribution in [1.82, 2.24) is 4.37 Å². The first-order valence-corrected chi connectivity index (χ1v) is 4.54. The second-order valence-corrected chi connectivity index (χ2v) is 2.60. The smallest absolute Gasteiger partial charge is 0.0409 e. The number of rotatable bonds is 2. The van der Waals surface area contributed by atoms with Crippen LogP contribution in [0.1, 0.15) is 25.1 Å². The number of hydrogen-bond acceptors (Lipinski definition) is 2. The fourth-order valence-electron chi connectivity index (χ4n) is 0.566. The number of aromatic nitrogens is 1. The molecule has 0 radical (unpaired) electrons. The highest BCUT2D eigenvalue weighted by Crippen LogP contribution is 2.06. The molecule has 0 N–H and O–H groups in total. The van der Waals surface area contributed by atoms with Crippen LogP contribution in [0.15, 0.2) is 12.3 Å². The molecule has 1 heterocycles. The lowest BCUT2D eigenvalue weighted by atomic mass is 10.3. The molecule has 60 valence electrons. The van der Waals surface area contributed by atoms with E-state index in [4.69, 9.17) is 6.42 Å². The summed E-state index contributed by atoms with van der Waals surface area (Å²) in [5, 5.41) is 0. The maximum Gasteiger partial charge on any atom is 0.0409 e. The average molecular weight is 167 g/mol. The van der Waals surface area contributed by atoms with Crippen molar-refractivity contribution in [3.8, 4) is 12.3 Å². The highest BCUT2D eigenvalue weighted by atomic mass is 32.1. The molecular formula is C9H13NS. The number of hydrogen-bond donors (Lipinski definition) is 0. The third kappa shape index (κ3) is 4.58. The molecule has 0 saturated heterocycles. The van der Waals surface area contributed by atoms with E-state index < -0.39 is 0 Å². The van der Waals surface area contributed by atoms with Crippen LogP contribution in [0.3, 0.4) is 0 Å². The summed E-state index contributed by atoms with van der Waals surface area (Å²) in [7, 11) is 0. The van der Waals surface area contributed by atoms with Gasteiger partial charge in [0.05, 0.1) is 0 Å². The molecule has 0 fully saturated rings. The van der Waals surface area contributed by atoms with Crippen molar-refractivity contribution in [3.63, 3.8) is 0 Å². The Labute approximate surface area is 72.6 Å². The van der Waals surface area contributed by atoms with Gasteiger partial charge in [-0.1, -0.05) is 13.8 Å². The summed E-state index contributed by atoms with van der Waals surface area (Å²) in [6.45, 7) is 4.00. The van der Waals surface area contributed by atoms with E-state index in [0.29, 0.717) is 0 Å². The molecule has 0 bridgehead atoms. The molecule has 0 aromatic carbocycles. The Morgan fingerprint density at radius 3 is 2.82 bits per heavy atom. The molecule has 2 heteroatoms. The first-order valence-electron chi connectivity index (χ1n) is 3.76. The molecule has 0 atom stereocenters. The van der Waals surface area contributed by atoms with E-state index in [1.54, 1.807) is 6.20 Å². The van der Waals surface area contributed by atoms with Crippen LogP contribution in [-0.4, -0.2) is 4.37 Å². The van der Waals surface area contributed by atoms with Crippen molar-refractivity contribution < 1.29 is 0 Å². The monoisotopic (exact) mass is 167 g/mol. The van der Waals surface area contributed by atoms with Gasteiger partial charge in [-0.25, -0.2) is 4.37 Å². The topological polar surface area (TPSA) is 12.9 Å². The second-order valence-electron chi connectivity index (χ2n) is 1.68. The van der Waals surface area contributed by atoms with E-state index in [1.165, 1.54) is 16.4 Å². The van der Waals surface area contributed by atoms with Gasteiger partial charge in [-0.3, -0.25) is 0 Å². The molecule has 1 aromatic heterocycles. The highest BCUT2D eigenvalue weighted by molar-refractivity contribution is 7.05. The van der Waals surface area contributed by atoms with Crippen LogP contribution in [0.4, 0.5) is 0 Å². The highest BCUT2D eigenvalue weighted by Gasteiger charge is 1.90. The third-order valence-corrected chi connectivity index (χ3v) is 1.81. The number of aryl methyl sites for hydroxylation is 1. The zero-order valence-electron chi connectivity index (χ0n) is 7.00. The number of nitrogens with zero attached hydrogens (tertiary/aromatic N) is 1. The summed E-state index contributed by atoms with van der Waals surface area (Å²) in [6, 6.07) is 2.00. The lowest BCUT2D eigenvalue weighted by molar-refractivity contribution is 1.06. The summed E-state index contributed by atoms with van der Waals surface area (Å²) in [5.74, 6) is 2.58. The standard InChI is InChI=1S/C7H7NS.C2H6/c1-2-3-4-7-5-6-8-9-7;1-2/h1,5-6H,3-4H2;1-2H3. The average Bonchev–Trinajstić information content (AvgIpc) is 2.57. The minimum atomic E-state index is 0.822. The van der Waals surface area contributed by atoms with E-state index in [-0.39, 0.29) is 0 Å². The lowest BCUT2D eigenvalue weighted by Gasteiger charge is -1.84. The Balaban J connectivity index is 0.000000461. The predicted molar refractivity (Wildman–Crippen MR) is 50.6 cm³/mol. The lowest BCUT2D eigenvalue weighted by Crippen LogP contribution is -1.74. The first-order chi connectivity index (χ1) is 5.43. The van der Waals surface area contributed by atoms with Gasteiger partial charge < -0.3 is 0 Å². The van der Waals surface area contributed by atoms with Crippen molar-refractivity contribution in [1.29, 1.82) is 0 Å². The maximum absolute atomic E-state index is 5.08. The van der Waals surface area contributed by atoms with E-state index in [9.17, 15) is 0 Å². The SMILES string of the molecule is C#CCCc1ccns1.CC. The Hall–Kier alpha value is -0.810. The van der Waals surface area contributed by atoms with E-state index in [1.807, 2.05) is 19.9 Å². The largest absolute Gasteiger partial charge is 0.201 e. The normalized spacial score (nSPS) is 7.73. The van der Waals surface area contributed by atoms with Gasteiger partial charge in [0.1, 0.15) is 0 Å². The zero-order chi connectivity index (χ0) is 8.53. The van der Waals surface area contributed by atoms with Crippen LogP contribution in [0.25, 0.3) is 0 Å². The van der Waals surface area contributed by atoms with Crippen molar-refractivity contribution in [2.45, 2.75) is 26.7 Å². The molecule has 0 saturated carbocycles. The van der Waals surface area contributed by atoms with Gasteiger partial charge in [0.15, 0.2) is 0 Å². The zero-order valence-corrected chi connectivity index (χ0v) is 7.82. The second kappa shape index (κ2) is 7.30. The summed E-state index contributed by atoms with van der Waals surface area (Å²) in [6.07, 6.45) is 8.68. The van der Waals surface area contributed by atoms with E-state index in [0.717, 1.165) is 12.8 Å². The summed E-state index contributed by atoms with van der Waals surface area (Å²) < 4.78 is 3.95. The molecule has 1 rings (SSSR count). The van der Waals surface area contributed by atoms with Crippen molar-refractivity contribution in [3.05, 3.63) is 17.1 Å². The van der Waals surface area contributed by atoms with Crippen LogP contribution in [-0.2, 0) is 6.42 Å². The van der Waals surface area contributed by atoms with Gasteiger partial charge in [0.25, 0.3) is 0 Å². The van der Waals surface area contributed by atoms with Crippen LogP contribution >= 0.6 is 11.5 Å². The Morgan fingerprint density at radius 2 is 2.36 bits per heavy atom. The molecule has 0 aliphatic rings. The summed E-state index contributed by atoms with van der Waals surface area (Å²) >= 11 is 1.52. The molecule has 0 aliphatic carbocycles. The van der Waals surface area contributed by atoms with Crippen LogP contribution < -0.4 is 0 Å². The quantitative estimate of drug-likeness (QED) is 0.617. The van der Waals surface area contributed by atoms with Crippen LogP contribution in [0, 0.1) is 12.3 Å². The Kier molecular flexibility index (Phi) is 6.76. The molecular weight excluding hydrogens is 154 g/mol. The van der Waals surface area contributed by atoms with Gasteiger partial charge in [-0.2, -0.15) is 0 Å². The maximum atomic E-state index is 5.08. The van der Waals surface area contributed by atoms with Crippen molar-refractivity contribution in [2.75, 3.05) is 0 Å². The van der Waals surface area contributed by atoms with Crippen molar-refractivity contribution >= 4 is 11.5 Å².